The van der Waals surface area contributed by atoms with Crippen LogP contribution in [-0.2, 0) is 4.79 Å². The standard InChI is InChI=1S/C17H12N2O2S/c20-17-10-21-14-4-3-11(8-13(14)19-17)15-5-6-16(22-15)12-2-1-7-18-9-12/h1-9H,10H2,(H,19,20). The van der Waals surface area contributed by atoms with Crippen molar-refractivity contribution in [3.05, 3.63) is 54.9 Å². The van der Waals surface area contributed by atoms with E-state index in [4.69, 9.17) is 4.74 Å². The molecule has 1 aliphatic rings. The zero-order valence-electron chi connectivity index (χ0n) is 11.6. The smallest absolute Gasteiger partial charge is 0.262 e. The number of thiophene rings is 1. The number of fused-ring (bicyclic) bond motifs is 1. The highest BCUT2D eigenvalue weighted by Crippen LogP contribution is 2.38. The summed E-state index contributed by atoms with van der Waals surface area (Å²) in [6.45, 7) is 0.0799. The van der Waals surface area contributed by atoms with Gasteiger partial charge >= 0.3 is 0 Å². The average molecular weight is 308 g/mol. The quantitative estimate of drug-likeness (QED) is 0.783. The van der Waals surface area contributed by atoms with Gasteiger partial charge in [-0.15, -0.1) is 11.3 Å². The van der Waals surface area contributed by atoms with Gasteiger partial charge in [0.05, 0.1) is 5.69 Å². The van der Waals surface area contributed by atoms with Gasteiger partial charge in [-0.3, -0.25) is 9.78 Å². The number of amides is 1. The molecule has 1 aromatic carbocycles. The number of carbonyl (C=O) groups excluding carboxylic acids is 1. The molecule has 0 atom stereocenters. The van der Waals surface area contributed by atoms with E-state index < -0.39 is 0 Å². The number of ether oxygens (including phenoxy) is 1. The summed E-state index contributed by atoms with van der Waals surface area (Å²) in [4.78, 5) is 17.9. The maximum atomic E-state index is 11.4. The fraction of sp³-hybridized carbons (Fsp3) is 0.0588. The average Bonchev–Trinajstić information content (AvgIpc) is 3.05. The van der Waals surface area contributed by atoms with Gasteiger partial charge in [0.1, 0.15) is 5.75 Å². The van der Waals surface area contributed by atoms with Gasteiger partial charge in [-0.2, -0.15) is 0 Å². The highest BCUT2D eigenvalue weighted by atomic mass is 32.1. The van der Waals surface area contributed by atoms with E-state index in [1.807, 2.05) is 36.5 Å². The van der Waals surface area contributed by atoms with E-state index in [0.717, 1.165) is 21.7 Å². The lowest BCUT2D eigenvalue weighted by atomic mass is 10.1. The third kappa shape index (κ3) is 2.35. The maximum absolute atomic E-state index is 11.4. The summed E-state index contributed by atoms with van der Waals surface area (Å²) in [7, 11) is 0. The first-order valence-electron chi connectivity index (χ1n) is 6.87. The van der Waals surface area contributed by atoms with E-state index in [9.17, 15) is 4.79 Å². The second-order valence-corrected chi connectivity index (χ2v) is 6.04. The molecule has 3 heterocycles. The number of hydrogen-bond donors (Lipinski definition) is 1. The van der Waals surface area contributed by atoms with Gasteiger partial charge < -0.3 is 10.1 Å². The van der Waals surface area contributed by atoms with E-state index in [2.05, 4.69) is 22.4 Å². The van der Waals surface area contributed by atoms with Gasteiger partial charge in [0.2, 0.25) is 0 Å². The summed E-state index contributed by atoms with van der Waals surface area (Å²) in [5, 5.41) is 2.84. The normalized spacial score (nSPS) is 13.2. The predicted molar refractivity (Wildman–Crippen MR) is 87.1 cm³/mol. The molecular weight excluding hydrogens is 296 g/mol. The summed E-state index contributed by atoms with van der Waals surface area (Å²) in [6, 6.07) is 14.0. The number of carbonyl (C=O) groups is 1. The van der Waals surface area contributed by atoms with Crippen molar-refractivity contribution in [3.8, 4) is 26.6 Å². The molecule has 22 heavy (non-hydrogen) atoms. The van der Waals surface area contributed by atoms with Crippen molar-refractivity contribution < 1.29 is 9.53 Å². The predicted octanol–water partition coefficient (Wildman–Crippen LogP) is 3.81. The van der Waals surface area contributed by atoms with Gasteiger partial charge in [-0.05, 0) is 42.0 Å². The summed E-state index contributed by atoms with van der Waals surface area (Å²) < 4.78 is 5.38. The lowest BCUT2D eigenvalue weighted by molar-refractivity contribution is -0.118. The van der Waals surface area contributed by atoms with Crippen LogP contribution in [-0.4, -0.2) is 17.5 Å². The Labute approximate surface area is 131 Å². The highest BCUT2D eigenvalue weighted by molar-refractivity contribution is 7.18. The van der Waals surface area contributed by atoms with E-state index in [1.54, 1.807) is 17.5 Å². The van der Waals surface area contributed by atoms with E-state index in [1.165, 1.54) is 4.88 Å². The first kappa shape index (κ1) is 13.0. The van der Waals surface area contributed by atoms with Crippen LogP contribution in [0.2, 0.25) is 0 Å². The topological polar surface area (TPSA) is 51.2 Å². The molecule has 4 nitrogen and oxygen atoms in total. The minimum atomic E-state index is -0.119. The van der Waals surface area contributed by atoms with Crippen LogP contribution in [0.4, 0.5) is 5.69 Å². The molecule has 108 valence electrons. The van der Waals surface area contributed by atoms with Crippen LogP contribution in [0.3, 0.4) is 0 Å². The van der Waals surface area contributed by atoms with Crippen molar-refractivity contribution in [3.63, 3.8) is 0 Å². The van der Waals surface area contributed by atoms with Gasteiger partial charge in [0, 0.05) is 27.7 Å². The number of nitrogens with zero attached hydrogens (tertiary/aromatic N) is 1. The fourth-order valence-electron chi connectivity index (χ4n) is 2.39. The number of rotatable bonds is 2. The maximum Gasteiger partial charge on any atom is 0.262 e. The van der Waals surface area contributed by atoms with Crippen LogP contribution in [0.5, 0.6) is 5.75 Å². The molecule has 1 aliphatic heterocycles. The first-order valence-corrected chi connectivity index (χ1v) is 7.68. The van der Waals surface area contributed by atoms with Gasteiger partial charge in [-0.1, -0.05) is 6.07 Å². The molecule has 2 aromatic heterocycles. The lowest BCUT2D eigenvalue weighted by Gasteiger charge is -2.18. The van der Waals surface area contributed by atoms with Crippen molar-refractivity contribution in [1.29, 1.82) is 0 Å². The lowest BCUT2D eigenvalue weighted by Crippen LogP contribution is -2.25. The molecule has 0 unspecified atom stereocenters. The number of pyridine rings is 1. The molecule has 0 spiro atoms. The van der Waals surface area contributed by atoms with Crippen LogP contribution in [0.25, 0.3) is 20.9 Å². The molecule has 0 aliphatic carbocycles. The zero-order valence-corrected chi connectivity index (χ0v) is 12.4. The van der Waals surface area contributed by atoms with Crippen LogP contribution in [0.1, 0.15) is 0 Å². The molecule has 0 radical (unpaired) electrons. The van der Waals surface area contributed by atoms with Crippen LogP contribution >= 0.6 is 11.3 Å². The molecule has 1 amide bonds. The molecule has 0 saturated carbocycles. The van der Waals surface area contributed by atoms with Crippen molar-refractivity contribution in [2.24, 2.45) is 0 Å². The third-order valence-corrected chi connectivity index (χ3v) is 4.63. The van der Waals surface area contributed by atoms with Crippen LogP contribution in [0.15, 0.2) is 54.9 Å². The van der Waals surface area contributed by atoms with Crippen molar-refractivity contribution in [1.82, 2.24) is 4.98 Å². The molecule has 4 rings (SSSR count). The van der Waals surface area contributed by atoms with E-state index >= 15 is 0 Å². The Hall–Kier alpha value is -2.66. The minimum Gasteiger partial charge on any atom is -0.482 e. The largest absolute Gasteiger partial charge is 0.482 e. The highest BCUT2D eigenvalue weighted by Gasteiger charge is 2.16. The molecule has 5 heteroatoms. The Balaban J connectivity index is 1.70. The summed E-state index contributed by atoms with van der Waals surface area (Å²) in [5.41, 5.74) is 2.89. The van der Waals surface area contributed by atoms with Crippen molar-refractivity contribution in [2.45, 2.75) is 0 Å². The number of benzene rings is 1. The van der Waals surface area contributed by atoms with Crippen molar-refractivity contribution >= 4 is 22.9 Å². The first-order chi connectivity index (χ1) is 10.8. The fourth-order valence-corrected chi connectivity index (χ4v) is 3.39. The molecule has 1 N–H and O–H groups in total. The Morgan fingerprint density at radius 1 is 1.09 bits per heavy atom. The van der Waals surface area contributed by atoms with Gasteiger partial charge in [0.25, 0.3) is 5.91 Å². The molecule has 0 saturated heterocycles. The van der Waals surface area contributed by atoms with Crippen LogP contribution in [0, 0.1) is 0 Å². The second-order valence-electron chi connectivity index (χ2n) is 4.95. The Bertz CT molecular complexity index is 843. The molecule has 0 bridgehead atoms. The Kier molecular flexibility index (Phi) is 3.12. The second kappa shape index (κ2) is 5.27. The monoisotopic (exact) mass is 308 g/mol. The Morgan fingerprint density at radius 2 is 1.95 bits per heavy atom. The van der Waals surface area contributed by atoms with Crippen molar-refractivity contribution in [2.75, 3.05) is 11.9 Å². The molecular formula is C17H12N2O2S. The molecule has 3 aromatic rings. The van der Waals surface area contributed by atoms with E-state index in [-0.39, 0.29) is 12.5 Å². The number of anilines is 1. The number of hydrogen-bond acceptors (Lipinski definition) is 4. The molecule has 0 fully saturated rings. The minimum absolute atomic E-state index is 0.0799. The SMILES string of the molecule is O=C1COc2ccc(-c3ccc(-c4cccnc4)s3)cc2N1. The summed E-state index contributed by atoms with van der Waals surface area (Å²) in [6.07, 6.45) is 3.63. The third-order valence-electron chi connectivity index (χ3n) is 3.45. The summed E-state index contributed by atoms with van der Waals surface area (Å²) >= 11 is 1.70. The zero-order chi connectivity index (χ0) is 14.9. The van der Waals surface area contributed by atoms with Gasteiger partial charge in [-0.25, -0.2) is 0 Å². The van der Waals surface area contributed by atoms with E-state index in [0.29, 0.717) is 5.75 Å². The number of aromatic nitrogens is 1. The van der Waals surface area contributed by atoms with Gasteiger partial charge in [0.15, 0.2) is 6.61 Å². The number of nitrogens with one attached hydrogen (secondary N) is 1. The summed E-state index contributed by atoms with van der Waals surface area (Å²) in [5.74, 6) is 0.597. The Morgan fingerprint density at radius 3 is 2.77 bits per heavy atom. The van der Waals surface area contributed by atoms with Crippen LogP contribution < -0.4 is 10.1 Å².